The topological polar surface area (TPSA) is 115 Å². The van der Waals surface area contributed by atoms with E-state index in [4.69, 9.17) is 14.6 Å². The largest absolute Gasteiger partial charge is 0.478 e. The van der Waals surface area contributed by atoms with Gasteiger partial charge in [-0.05, 0) is 12.1 Å². The molecule has 0 spiro atoms. The summed E-state index contributed by atoms with van der Waals surface area (Å²) in [4.78, 5) is 14.3. The number of carboxylic acid groups (broad SMARTS) is 1. The van der Waals surface area contributed by atoms with Gasteiger partial charge >= 0.3 is 5.97 Å². The molecule has 2 heterocycles. The Bertz CT molecular complexity index is 565. The molecule has 1 atom stereocenters. The van der Waals surface area contributed by atoms with Gasteiger partial charge in [0.2, 0.25) is 0 Å². The molecule has 1 unspecified atom stereocenters. The number of aromatic nitrogens is 1. The Hall–Kier alpha value is -1.55. The Morgan fingerprint density at radius 2 is 2.25 bits per heavy atom. The van der Waals surface area contributed by atoms with E-state index in [0.717, 1.165) is 12.3 Å². The van der Waals surface area contributed by atoms with Gasteiger partial charge in [-0.15, -0.1) is 0 Å². The van der Waals surface area contributed by atoms with Crippen molar-refractivity contribution in [2.45, 2.75) is 11.1 Å². The molecule has 1 aliphatic heterocycles. The van der Waals surface area contributed by atoms with E-state index in [-0.39, 0.29) is 23.2 Å². The molecule has 0 amide bonds. The molecule has 110 valence electrons. The molecular weight excluding hydrogens is 288 g/mol. The zero-order chi connectivity index (χ0) is 14.6. The molecule has 0 radical (unpaired) electrons. The minimum absolute atomic E-state index is 0.0741. The van der Waals surface area contributed by atoms with E-state index in [1.54, 1.807) is 0 Å². The lowest BCUT2D eigenvalue weighted by atomic mass is 10.3. The monoisotopic (exact) mass is 302 g/mol. The number of carbonyl (C=O) groups is 1. The number of hydrogen-bond acceptors (Lipinski definition) is 6. The van der Waals surface area contributed by atoms with Gasteiger partial charge in [0.1, 0.15) is 0 Å². The number of nitrogens with one attached hydrogen (secondary N) is 1. The van der Waals surface area contributed by atoms with Crippen LogP contribution in [0.1, 0.15) is 10.4 Å². The summed E-state index contributed by atoms with van der Waals surface area (Å²) >= 11 is 0. The first-order valence-corrected chi connectivity index (χ1v) is 7.36. The molecule has 0 aromatic carbocycles. The average molecular weight is 302 g/mol. The minimum Gasteiger partial charge on any atom is -0.478 e. The van der Waals surface area contributed by atoms with Crippen molar-refractivity contribution in [3.63, 3.8) is 0 Å². The summed E-state index contributed by atoms with van der Waals surface area (Å²) in [6.45, 7) is 1.33. The number of rotatable bonds is 5. The van der Waals surface area contributed by atoms with Crippen LogP contribution in [0.15, 0.2) is 23.4 Å². The van der Waals surface area contributed by atoms with Gasteiger partial charge in [-0.25, -0.2) is 22.9 Å². The van der Waals surface area contributed by atoms with Crippen molar-refractivity contribution in [3.05, 3.63) is 23.9 Å². The van der Waals surface area contributed by atoms with Gasteiger partial charge in [-0.2, -0.15) is 0 Å². The Morgan fingerprint density at radius 3 is 2.80 bits per heavy atom. The van der Waals surface area contributed by atoms with Crippen LogP contribution in [0.5, 0.6) is 0 Å². The smallest absolute Gasteiger partial charge is 0.337 e. The lowest BCUT2D eigenvalue weighted by molar-refractivity contribution is -0.0847. The number of sulfonamides is 1. The predicted octanol–water partition coefficient (Wildman–Crippen LogP) is -0.527. The zero-order valence-electron chi connectivity index (χ0n) is 10.5. The molecule has 1 saturated heterocycles. The van der Waals surface area contributed by atoms with Crippen LogP contribution in [0.2, 0.25) is 0 Å². The number of pyridine rings is 1. The molecule has 2 N–H and O–H groups in total. The highest BCUT2D eigenvalue weighted by Crippen LogP contribution is 2.07. The standard InChI is InChI=1S/C11H14N2O6S/c14-11(15)8-1-2-10(12-5-8)20(16,17)13-6-9-7-18-3-4-19-9/h1-2,5,9,13H,3-4,6-7H2,(H,14,15). The minimum atomic E-state index is -3.79. The lowest BCUT2D eigenvalue weighted by Crippen LogP contribution is -2.39. The Labute approximate surface area is 115 Å². The van der Waals surface area contributed by atoms with Crippen molar-refractivity contribution in [1.82, 2.24) is 9.71 Å². The van der Waals surface area contributed by atoms with Gasteiger partial charge in [-0.3, -0.25) is 0 Å². The number of carboxylic acids is 1. The highest BCUT2D eigenvalue weighted by atomic mass is 32.2. The molecule has 1 aromatic rings. The molecule has 1 fully saturated rings. The zero-order valence-corrected chi connectivity index (χ0v) is 11.3. The molecule has 8 nitrogen and oxygen atoms in total. The highest BCUT2D eigenvalue weighted by Gasteiger charge is 2.20. The number of ether oxygens (including phenoxy) is 2. The first-order chi connectivity index (χ1) is 9.49. The van der Waals surface area contributed by atoms with Gasteiger partial charge in [0, 0.05) is 12.7 Å². The van der Waals surface area contributed by atoms with E-state index >= 15 is 0 Å². The van der Waals surface area contributed by atoms with Crippen molar-refractivity contribution in [2.75, 3.05) is 26.4 Å². The van der Waals surface area contributed by atoms with Crippen LogP contribution in [-0.2, 0) is 19.5 Å². The summed E-state index contributed by atoms with van der Waals surface area (Å²) < 4.78 is 36.7. The van der Waals surface area contributed by atoms with Gasteiger partial charge < -0.3 is 14.6 Å². The van der Waals surface area contributed by atoms with Crippen LogP contribution in [0.25, 0.3) is 0 Å². The first-order valence-electron chi connectivity index (χ1n) is 5.87. The Kier molecular flexibility index (Phi) is 4.65. The number of nitrogens with zero attached hydrogens (tertiary/aromatic N) is 1. The number of hydrogen-bond donors (Lipinski definition) is 2. The molecular formula is C11H14N2O6S. The Balaban J connectivity index is 2.00. The maximum Gasteiger partial charge on any atom is 0.337 e. The molecule has 1 aliphatic rings. The van der Waals surface area contributed by atoms with Crippen molar-refractivity contribution in [2.24, 2.45) is 0 Å². The third-order valence-corrected chi connectivity index (χ3v) is 3.98. The van der Waals surface area contributed by atoms with Crippen LogP contribution in [0.3, 0.4) is 0 Å². The molecule has 0 saturated carbocycles. The molecule has 0 bridgehead atoms. The van der Waals surface area contributed by atoms with Crippen LogP contribution in [-0.4, -0.2) is 56.9 Å². The maximum atomic E-state index is 11.9. The van der Waals surface area contributed by atoms with Gasteiger partial charge in [0.25, 0.3) is 10.0 Å². The quantitative estimate of drug-likeness (QED) is 0.751. The summed E-state index contributed by atoms with van der Waals surface area (Å²) in [7, 11) is -3.79. The van der Waals surface area contributed by atoms with Crippen LogP contribution in [0.4, 0.5) is 0 Å². The van der Waals surface area contributed by atoms with Crippen LogP contribution < -0.4 is 4.72 Å². The van der Waals surface area contributed by atoms with E-state index in [1.165, 1.54) is 6.07 Å². The highest BCUT2D eigenvalue weighted by molar-refractivity contribution is 7.89. The van der Waals surface area contributed by atoms with Gasteiger partial charge in [0.05, 0.1) is 31.5 Å². The molecule has 2 rings (SSSR count). The lowest BCUT2D eigenvalue weighted by Gasteiger charge is -2.22. The fourth-order valence-electron chi connectivity index (χ4n) is 1.60. The average Bonchev–Trinajstić information content (AvgIpc) is 2.46. The SMILES string of the molecule is O=C(O)c1ccc(S(=O)(=O)NCC2COCCO2)nc1. The molecule has 0 aliphatic carbocycles. The summed E-state index contributed by atoms with van der Waals surface area (Å²) in [5.41, 5.74) is -0.0760. The fourth-order valence-corrected chi connectivity index (χ4v) is 2.59. The first kappa shape index (κ1) is 14.9. The third kappa shape index (κ3) is 3.73. The van der Waals surface area contributed by atoms with E-state index in [2.05, 4.69) is 9.71 Å². The third-order valence-electron chi connectivity index (χ3n) is 2.64. The van der Waals surface area contributed by atoms with Crippen molar-refractivity contribution in [3.8, 4) is 0 Å². The van der Waals surface area contributed by atoms with Gasteiger partial charge in [0.15, 0.2) is 5.03 Å². The van der Waals surface area contributed by atoms with Crippen molar-refractivity contribution < 1.29 is 27.8 Å². The summed E-state index contributed by atoms with van der Waals surface area (Å²) in [5.74, 6) is -1.16. The van der Waals surface area contributed by atoms with Crippen molar-refractivity contribution in [1.29, 1.82) is 0 Å². The second-order valence-corrected chi connectivity index (χ2v) is 5.82. The summed E-state index contributed by atoms with van der Waals surface area (Å²) in [5, 5.41) is 8.48. The molecule has 20 heavy (non-hydrogen) atoms. The summed E-state index contributed by atoms with van der Waals surface area (Å²) in [6.07, 6.45) is 0.661. The van der Waals surface area contributed by atoms with Gasteiger partial charge in [-0.1, -0.05) is 0 Å². The molecule has 9 heteroatoms. The normalized spacial score (nSPS) is 19.7. The Morgan fingerprint density at radius 1 is 1.45 bits per heavy atom. The molecule has 1 aromatic heterocycles. The van der Waals surface area contributed by atoms with Crippen LogP contribution in [0, 0.1) is 0 Å². The van der Waals surface area contributed by atoms with E-state index in [9.17, 15) is 13.2 Å². The van der Waals surface area contributed by atoms with E-state index < -0.39 is 16.0 Å². The summed E-state index contributed by atoms with van der Waals surface area (Å²) in [6, 6.07) is 2.33. The maximum absolute atomic E-state index is 11.9. The van der Waals surface area contributed by atoms with E-state index in [0.29, 0.717) is 19.8 Å². The number of aromatic carboxylic acids is 1. The fraction of sp³-hybridized carbons (Fsp3) is 0.455. The van der Waals surface area contributed by atoms with Crippen molar-refractivity contribution >= 4 is 16.0 Å². The second kappa shape index (κ2) is 6.27. The van der Waals surface area contributed by atoms with Crippen LogP contribution >= 0.6 is 0 Å². The second-order valence-electron chi connectivity index (χ2n) is 4.11. The predicted molar refractivity (Wildman–Crippen MR) is 66.9 cm³/mol. The van der Waals surface area contributed by atoms with E-state index in [1.807, 2.05) is 0 Å².